The summed E-state index contributed by atoms with van der Waals surface area (Å²) in [5, 5.41) is 3.47. The number of benzene rings is 2. The first-order valence-corrected chi connectivity index (χ1v) is 12.0. The molecular weight excluding hydrogens is 485 g/mol. The molecule has 2 N–H and O–H groups in total. The van der Waals surface area contributed by atoms with E-state index in [9.17, 15) is 13.2 Å². The number of H-pyrrole nitrogens is 1. The Bertz CT molecular complexity index is 1660. The number of hydrogen-bond acceptors (Lipinski definition) is 7. The van der Waals surface area contributed by atoms with Gasteiger partial charge in [0.1, 0.15) is 23.5 Å². The number of nitrogens with one attached hydrogen (secondary N) is 2. The van der Waals surface area contributed by atoms with Gasteiger partial charge in [-0.25, -0.2) is 23.1 Å². The van der Waals surface area contributed by atoms with E-state index < -0.39 is 17.2 Å². The van der Waals surface area contributed by atoms with E-state index in [1.54, 1.807) is 23.0 Å². The molecule has 1 saturated carbocycles. The smallest absolute Gasteiger partial charge is 0.229 e. The maximum atomic E-state index is 14.4. The summed E-state index contributed by atoms with van der Waals surface area (Å²) in [6, 6.07) is 8.74. The summed E-state index contributed by atoms with van der Waals surface area (Å²) < 4.78 is 49.3. The van der Waals surface area contributed by atoms with Crippen molar-refractivity contribution < 1.29 is 17.9 Å². The number of fused-ring (bicyclic) bond motifs is 2. The molecule has 7 rings (SSSR count). The predicted octanol–water partition coefficient (Wildman–Crippen LogP) is 4.05. The first-order valence-electron chi connectivity index (χ1n) is 12.0. The molecule has 3 aromatic heterocycles. The minimum Gasteiger partial charge on any atom is -0.378 e. The van der Waals surface area contributed by atoms with Crippen molar-refractivity contribution in [2.24, 2.45) is 0 Å². The molecule has 2 aliphatic rings. The monoisotopic (exact) mass is 506 g/mol. The summed E-state index contributed by atoms with van der Waals surface area (Å²) in [6.45, 7) is 2.36. The largest absolute Gasteiger partial charge is 0.378 e. The molecule has 1 aliphatic heterocycles. The Morgan fingerprint density at radius 1 is 0.973 bits per heavy atom. The molecule has 12 heteroatoms. The molecule has 37 heavy (non-hydrogen) atoms. The van der Waals surface area contributed by atoms with Crippen molar-refractivity contribution in [3.63, 3.8) is 0 Å². The Morgan fingerprint density at radius 2 is 1.81 bits per heavy atom. The van der Waals surface area contributed by atoms with Gasteiger partial charge in [-0.3, -0.25) is 4.57 Å². The van der Waals surface area contributed by atoms with Gasteiger partial charge in [0.05, 0.1) is 30.0 Å². The third-order valence-electron chi connectivity index (χ3n) is 6.87. The fourth-order valence-corrected chi connectivity index (χ4v) is 4.71. The quantitative estimate of drug-likeness (QED) is 0.371. The molecule has 0 amide bonds. The van der Waals surface area contributed by atoms with Gasteiger partial charge >= 0.3 is 0 Å². The Kier molecular flexibility index (Phi) is 4.86. The zero-order chi connectivity index (χ0) is 25.1. The summed E-state index contributed by atoms with van der Waals surface area (Å²) in [7, 11) is 0. The highest BCUT2D eigenvalue weighted by Crippen LogP contribution is 2.48. The van der Waals surface area contributed by atoms with Crippen molar-refractivity contribution in [2.75, 3.05) is 36.5 Å². The first-order chi connectivity index (χ1) is 18.0. The predicted molar refractivity (Wildman–Crippen MR) is 130 cm³/mol. The third kappa shape index (κ3) is 3.67. The van der Waals surface area contributed by atoms with Crippen molar-refractivity contribution >= 4 is 34.0 Å². The van der Waals surface area contributed by atoms with Gasteiger partial charge in [0.15, 0.2) is 28.6 Å². The number of anilines is 2. The van der Waals surface area contributed by atoms with Crippen molar-refractivity contribution in [3.05, 3.63) is 66.0 Å². The van der Waals surface area contributed by atoms with Crippen LogP contribution in [0.4, 0.5) is 24.9 Å². The third-order valence-corrected chi connectivity index (χ3v) is 6.87. The van der Waals surface area contributed by atoms with Crippen LogP contribution in [0.2, 0.25) is 0 Å². The van der Waals surface area contributed by atoms with Crippen LogP contribution in [0.5, 0.6) is 0 Å². The van der Waals surface area contributed by atoms with Gasteiger partial charge in [-0.1, -0.05) is 6.07 Å². The van der Waals surface area contributed by atoms with Crippen LogP contribution in [0, 0.1) is 17.5 Å². The maximum Gasteiger partial charge on any atom is 0.229 e. The van der Waals surface area contributed by atoms with E-state index in [2.05, 4.69) is 20.3 Å². The number of aromatic amines is 1. The first kappa shape index (κ1) is 22.0. The second-order valence-electron chi connectivity index (χ2n) is 9.29. The fraction of sp³-hybridized carbons (Fsp3) is 0.280. The van der Waals surface area contributed by atoms with Crippen LogP contribution in [0.15, 0.2) is 42.7 Å². The normalized spacial score (nSPS) is 17.0. The van der Waals surface area contributed by atoms with Crippen molar-refractivity contribution in [1.29, 1.82) is 0 Å². The Hall–Kier alpha value is -4.19. The van der Waals surface area contributed by atoms with Gasteiger partial charge in [0, 0.05) is 13.1 Å². The number of nitrogens with zero attached hydrogens (tertiary/aromatic N) is 6. The number of morpholine rings is 1. The topological polar surface area (TPSA) is 96.8 Å². The summed E-state index contributed by atoms with van der Waals surface area (Å²) in [6.07, 6.45) is 3.00. The summed E-state index contributed by atoms with van der Waals surface area (Å²) in [4.78, 5) is 23.7. The molecule has 4 heterocycles. The molecule has 2 fully saturated rings. The van der Waals surface area contributed by atoms with Crippen LogP contribution >= 0.6 is 0 Å². The van der Waals surface area contributed by atoms with Crippen LogP contribution in [0.3, 0.4) is 0 Å². The van der Waals surface area contributed by atoms with Crippen LogP contribution in [-0.4, -0.2) is 55.8 Å². The van der Waals surface area contributed by atoms with E-state index in [1.807, 2.05) is 4.90 Å². The van der Waals surface area contributed by atoms with E-state index in [0.29, 0.717) is 79.1 Å². The molecule has 2 aromatic carbocycles. The lowest BCUT2D eigenvalue weighted by molar-refractivity contribution is 0.122. The second kappa shape index (κ2) is 8.17. The number of halogens is 3. The van der Waals surface area contributed by atoms with E-state index in [0.717, 1.165) is 6.07 Å². The Balaban J connectivity index is 1.34. The maximum absolute atomic E-state index is 14.4. The molecule has 0 radical (unpaired) electrons. The summed E-state index contributed by atoms with van der Waals surface area (Å²) in [5.41, 5.74) is 1.32. The lowest BCUT2D eigenvalue weighted by atomic mass is 10.2. The van der Waals surface area contributed by atoms with E-state index in [1.165, 1.54) is 18.2 Å². The average molecular weight is 506 g/mol. The molecule has 9 nitrogen and oxygen atoms in total. The molecule has 188 valence electrons. The second-order valence-corrected chi connectivity index (χ2v) is 9.29. The molecular formula is C25H21F3N8O. The van der Waals surface area contributed by atoms with Crippen molar-refractivity contribution in [3.8, 4) is 5.69 Å². The van der Waals surface area contributed by atoms with E-state index in [-0.39, 0.29) is 11.3 Å². The molecule has 1 saturated heterocycles. The number of hydrogen-bond donors (Lipinski definition) is 2. The molecule has 0 bridgehead atoms. The molecule has 5 aromatic rings. The van der Waals surface area contributed by atoms with Gasteiger partial charge in [-0.05, 0) is 43.2 Å². The summed E-state index contributed by atoms with van der Waals surface area (Å²) in [5.74, 6) is -0.833. The standard InChI is InChI=1S/C25H21F3N8O/c26-14-2-1-3-15(12-14)36-13-29-20-21(32-24(33-22(20)36)35-8-10-37-11-9-35)34-25(6-7-25)23-30-17-5-4-16(27)18(28)19(17)31-23/h1-5,12-13H,6-11H2,(H,30,31)(H,32,33,34). The lowest BCUT2D eigenvalue weighted by Crippen LogP contribution is -2.37. The number of rotatable bonds is 5. The van der Waals surface area contributed by atoms with Gasteiger partial charge in [0.2, 0.25) is 5.95 Å². The van der Waals surface area contributed by atoms with Crippen LogP contribution < -0.4 is 10.2 Å². The minimum atomic E-state index is -0.983. The van der Waals surface area contributed by atoms with Crippen LogP contribution in [-0.2, 0) is 10.3 Å². The van der Waals surface area contributed by atoms with Gasteiger partial charge < -0.3 is 19.9 Å². The lowest BCUT2D eigenvalue weighted by Gasteiger charge is -2.27. The summed E-state index contributed by atoms with van der Waals surface area (Å²) >= 11 is 0. The molecule has 0 atom stereocenters. The van der Waals surface area contributed by atoms with Crippen LogP contribution in [0.25, 0.3) is 27.9 Å². The Morgan fingerprint density at radius 3 is 2.59 bits per heavy atom. The highest BCUT2D eigenvalue weighted by Gasteiger charge is 2.48. The van der Waals surface area contributed by atoms with Gasteiger partial charge in [-0.2, -0.15) is 9.97 Å². The SMILES string of the molecule is Fc1cccc(-n2cnc3c(NC4(c5nc6c(F)c(F)ccc6[nH]5)CC4)nc(N4CCOCC4)nc32)c1. The zero-order valence-corrected chi connectivity index (χ0v) is 19.5. The number of ether oxygens (including phenoxy) is 1. The Labute approximate surface area is 208 Å². The zero-order valence-electron chi connectivity index (χ0n) is 19.5. The molecule has 0 spiro atoms. The number of imidazole rings is 2. The minimum absolute atomic E-state index is 0.0414. The highest BCUT2D eigenvalue weighted by molar-refractivity contribution is 5.86. The van der Waals surface area contributed by atoms with Crippen LogP contribution in [0.1, 0.15) is 18.7 Å². The number of aromatic nitrogens is 6. The van der Waals surface area contributed by atoms with Gasteiger partial charge in [-0.15, -0.1) is 0 Å². The molecule has 0 unspecified atom stereocenters. The average Bonchev–Trinajstić information content (AvgIpc) is 3.34. The van der Waals surface area contributed by atoms with Crippen molar-refractivity contribution in [2.45, 2.75) is 18.4 Å². The fourth-order valence-electron chi connectivity index (χ4n) is 4.71. The van der Waals surface area contributed by atoms with E-state index in [4.69, 9.17) is 14.7 Å². The molecule has 1 aliphatic carbocycles. The van der Waals surface area contributed by atoms with E-state index >= 15 is 0 Å². The van der Waals surface area contributed by atoms with Crippen molar-refractivity contribution in [1.82, 2.24) is 29.5 Å². The van der Waals surface area contributed by atoms with Gasteiger partial charge in [0.25, 0.3) is 0 Å². The highest BCUT2D eigenvalue weighted by atomic mass is 19.2.